The van der Waals surface area contributed by atoms with E-state index in [9.17, 15) is 5.26 Å². The van der Waals surface area contributed by atoms with Gasteiger partial charge in [0, 0.05) is 55.4 Å². The number of hydrogen-bond acceptors (Lipinski definition) is 8. The van der Waals surface area contributed by atoms with E-state index in [4.69, 9.17) is 37.4 Å². The number of benzene rings is 2. The van der Waals surface area contributed by atoms with Crippen molar-refractivity contribution in [1.29, 1.82) is 5.26 Å². The normalized spacial score (nSPS) is 18.3. The minimum Gasteiger partial charge on any atom is -0.495 e. The van der Waals surface area contributed by atoms with Crippen LogP contribution in [0, 0.1) is 11.3 Å². The first-order valence-corrected chi connectivity index (χ1v) is 13.3. The van der Waals surface area contributed by atoms with E-state index in [2.05, 4.69) is 47.1 Å². The molecular weight excluding hydrogens is 525 g/mol. The molecule has 1 fully saturated rings. The highest BCUT2D eigenvalue weighted by Gasteiger charge is 2.26. The van der Waals surface area contributed by atoms with Crippen LogP contribution in [0.5, 0.6) is 17.2 Å². The molecule has 38 heavy (non-hydrogen) atoms. The van der Waals surface area contributed by atoms with E-state index in [0.717, 1.165) is 26.1 Å². The monoisotopic (exact) mass is 557 g/mol. The first-order valence-electron chi connectivity index (χ1n) is 12.5. The van der Waals surface area contributed by atoms with Gasteiger partial charge in [0.2, 0.25) is 0 Å². The van der Waals surface area contributed by atoms with E-state index in [1.807, 2.05) is 12.1 Å². The quantitative estimate of drug-likeness (QED) is 0.322. The van der Waals surface area contributed by atoms with E-state index >= 15 is 0 Å². The molecular formula is C28H33Cl2N5O3. The molecule has 202 valence electrons. The van der Waals surface area contributed by atoms with Crippen molar-refractivity contribution in [3.8, 4) is 23.3 Å². The van der Waals surface area contributed by atoms with Crippen molar-refractivity contribution in [2.75, 3.05) is 52.8 Å². The lowest BCUT2D eigenvalue weighted by molar-refractivity contribution is 0.0571. The van der Waals surface area contributed by atoms with Crippen molar-refractivity contribution in [2.45, 2.75) is 32.4 Å². The zero-order valence-corrected chi connectivity index (χ0v) is 23.9. The zero-order chi connectivity index (χ0) is 27.4. The van der Waals surface area contributed by atoms with Gasteiger partial charge >= 0.3 is 0 Å². The third-order valence-electron chi connectivity index (χ3n) is 7.09. The molecule has 1 saturated heterocycles. The average Bonchev–Trinajstić information content (AvgIpc) is 2.90. The molecule has 0 unspecified atom stereocenters. The Bertz CT molecular complexity index is 1330. The highest BCUT2D eigenvalue weighted by molar-refractivity contribution is 6.37. The standard InChI is InChI=1S/C28H33Cl2N5O3/c1-17-15-35(16-18(2)34(17)3)7-6-8-38-27-11-23-20(9-26(27)37-5)28(19(13-31)14-32-23)33-24-12-25(36-4)22(30)10-21(24)29/h9-12,14,17-18H,6-8,15-16H2,1-5H3,(H,32,33)/t17-,18+. The minimum absolute atomic E-state index is 0.355. The first-order chi connectivity index (χ1) is 18.2. The number of rotatable bonds is 9. The third kappa shape index (κ3) is 6.02. The SMILES string of the molecule is COc1cc(Nc2c(C#N)cnc3cc(OCCCN4C[C@@H](C)N(C)[C@@H](C)C4)c(OC)cc23)c(Cl)cc1Cl. The van der Waals surface area contributed by atoms with Gasteiger partial charge in [0.25, 0.3) is 0 Å². The molecule has 0 aliphatic carbocycles. The summed E-state index contributed by atoms with van der Waals surface area (Å²) in [5.74, 6) is 1.62. The van der Waals surface area contributed by atoms with Crippen LogP contribution in [0.2, 0.25) is 10.0 Å². The highest BCUT2D eigenvalue weighted by Crippen LogP contribution is 2.40. The summed E-state index contributed by atoms with van der Waals surface area (Å²) < 4.78 is 17.1. The number of aromatic nitrogens is 1. The predicted molar refractivity (Wildman–Crippen MR) is 153 cm³/mol. The molecule has 2 atom stereocenters. The second-order valence-electron chi connectivity index (χ2n) is 9.60. The minimum atomic E-state index is 0.355. The molecule has 0 saturated carbocycles. The molecule has 1 aliphatic rings. The zero-order valence-electron chi connectivity index (χ0n) is 22.3. The molecule has 1 N–H and O–H groups in total. The van der Waals surface area contributed by atoms with Gasteiger partial charge in [-0.25, -0.2) is 0 Å². The predicted octanol–water partition coefficient (Wildman–Crippen LogP) is 5.97. The van der Waals surface area contributed by atoms with Crippen molar-refractivity contribution in [3.05, 3.63) is 46.1 Å². The topological polar surface area (TPSA) is 82.9 Å². The summed E-state index contributed by atoms with van der Waals surface area (Å²) in [6.45, 7) is 8.18. The Labute approximate surface area is 234 Å². The maximum absolute atomic E-state index is 9.78. The number of fused-ring (bicyclic) bond motifs is 1. The van der Waals surface area contributed by atoms with Crippen LogP contribution in [0.3, 0.4) is 0 Å². The van der Waals surface area contributed by atoms with E-state index in [1.165, 1.54) is 13.3 Å². The van der Waals surface area contributed by atoms with Gasteiger partial charge in [-0.1, -0.05) is 23.2 Å². The van der Waals surface area contributed by atoms with E-state index < -0.39 is 0 Å². The van der Waals surface area contributed by atoms with Gasteiger partial charge in [-0.05, 0) is 39.4 Å². The number of anilines is 2. The molecule has 0 bridgehead atoms. The molecule has 0 spiro atoms. The Kier molecular flexibility index (Phi) is 9.06. The fourth-order valence-electron chi connectivity index (χ4n) is 4.77. The number of nitriles is 1. The van der Waals surface area contributed by atoms with Crippen molar-refractivity contribution in [1.82, 2.24) is 14.8 Å². The van der Waals surface area contributed by atoms with Gasteiger partial charge in [-0.3, -0.25) is 9.88 Å². The number of nitrogens with one attached hydrogen (secondary N) is 1. The molecule has 0 amide bonds. The third-order valence-corrected chi connectivity index (χ3v) is 7.69. The van der Waals surface area contributed by atoms with Crippen LogP contribution >= 0.6 is 23.2 Å². The molecule has 4 rings (SSSR count). The molecule has 3 aromatic rings. The summed E-state index contributed by atoms with van der Waals surface area (Å²) in [7, 11) is 5.31. The maximum Gasteiger partial charge on any atom is 0.163 e. The Hall–Kier alpha value is -2.96. The van der Waals surface area contributed by atoms with Crippen LogP contribution in [0.1, 0.15) is 25.8 Å². The number of methoxy groups -OCH3 is 2. The number of piperazine rings is 1. The van der Waals surface area contributed by atoms with Gasteiger partial charge in [-0.15, -0.1) is 0 Å². The summed E-state index contributed by atoms with van der Waals surface area (Å²) in [5.41, 5.74) is 2.10. The number of pyridine rings is 1. The van der Waals surface area contributed by atoms with Crippen molar-refractivity contribution in [3.63, 3.8) is 0 Å². The second kappa shape index (κ2) is 12.3. The molecule has 2 aromatic carbocycles. The van der Waals surface area contributed by atoms with E-state index in [-0.39, 0.29) is 0 Å². The lowest BCUT2D eigenvalue weighted by Gasteiger charge is -2.42. The molecule has 10 heteroatoms. The second-order valence-corrected chi connectivity index (χ2v) is 10.4. The maximum atomic E-state index is 9.78. The van der Waals surface area contributed by atoms with Gasteiger partial charge in [0.15, 0.2) is 11.5 Å². The Balaban J connectivity index is 1.55. The fourth-order valence-corrected chi connectivity index (χ4v) is 5.28. The summed E-state index contributed by atoms with van der Waals surface area (Å²) in [4.78, 5) is 9.42. The number of halogens is 2. The summed E-state index contributed by atoms with van der Waals surface area (Å²) >= 11 is 12.6. The van der Waals surface area contributed by atoms with Crippen molar-refractivity contribution < 1.29 is 14.2 Å². The van der Waals surface area contributed by atoms with Gasteiger partial charge < -0.3 is 24.4 Å². The number of nitrogens with zero attached hydrogens (tertiary/aromatic N) is 4. The Morgan fingerprint density at radius 3 is 2.39 bits per heavy atom. The highest BCUT2D eigenvalue weighted by atomic mass is 35.5. The lowest BCUT2D eigenvalue weighted by atomic mass is 10.1. The molecule has 0 radical (unpaired) electrons. The van der Waals surface area contributed by atoms with E-state index in [1.54, 1.807) is 19.2 Å². The average molecular weight is 559 g/mol. The summed E-state index contributed by atoms with van der Waals surface area (Å²) in [6, 6.07) is 10.2. The summed E-state index contributed by atoms with van der Waals surface area (Å²) in [5, 5.41) is 14.5. The largest absolute Gasteiger partial charge is 0.495 e. The van der Waals surface area contributed by atoms with E-state index in [0.29, 0.717) is 73.8 Å². The first kappa shape index (κ1) is 28.1. The van der Waals surface area contributed by atoms with Crippen LogP contribution in [-0.4, -0.2) is 74.4 Å². The number of likely N-dealkylation sites (N-methyl/N-ethyl adjacent to an activating group) is 1. The van der Waals surface area contributed by atoms with Gasteiger partial charge in [-0.2, -0.15) is 5.26 Å². The Morgan fingerprint density at radius 2 is 1.74 bits per heavy atom. The van der Waals surface area contributed by atoms with Crippen LogP contribution < -0.4 is 19.5 Å². The van der Waals surface area contributed by atoms with Crippen LogP contribution in [0.4, 0.5) is 11.4 Å². The molecule has 1 aliphatic heterocycles. The van der Waals surface area contributed by atoms with Crippen LogP contribution in [0.25, 0.3) is 10.9 Å². The lowest BCUT2D eigenvalue weighted by Crippen LogP contribution is -2.55. The van der Waals surface area contributed by atoms with Crippen LogP contribution in [0.15, 0.2) is 30.5 Å². The molecule has 8 nitrogen and oxygen atoms in total. The summed E-state index contributed by atoms with van der Waals surface area (Å²) in [6.07, 6.45) is 2.42. The van der Waals surface area contributed by atoms with Gasteiger partial charge in [0.1, 0.15) is 11.8 Å². The number of hydrogen-bond donors (Lipinski definition) is 1. The smallest absolute Gasteiger partial charge is 0.163 e. The van der Waals surface area contributed by atoms with Crippen LogP contribution in [-0.2, 0) is 0 Å². The van der Waals surface area contributed by atoms with Crippen molar-refractivity contribution >= 4 is 45.5 Å². The number of ether oxygens (including phenoxy) is 3. The Morgan fingerprint density at radius 1 is 1.03 bits per heavy atom. The fraction of sp³-hybridized carbons (Fsp3) is 0.429. The molecule has 1 aromatic heterocycles. The van der Waals surface area contributed by atoms with Crippen molar-refractivity contribution in [2.24, 2.45) is 0 Å². The van der Waals surface area contributed by atoms with Gasteiger partial charge in [0.05, 0.1) is 53.3 Å². The molecule has 2 heterocycles.